The summed E-state index contributed by atoms with van der Waals surface area (Å²) in [6, 6.07) is 18.9. The van der Waals surface area contributed by atoms with Crippen molar-refractivity contribution in [3.05, 3.63) is 54.6 Å². The van der Waals surface area contributed by atoms with Crippen LogP contribution in [0.4, 0.5) is 0 Å². The maximum Gasteiger partial charge on any atom is 0.119 e. The van der Waals surface area contributed by atoms with E-state index in [2.05, 4.69) is 48.5 Å². The first-order chi connectivity index (χ1) is 10.9. The Bertz CT molecular complexity index is 538. The van der Waals surface area contributed by atoms with Gasteiger partial charge in [0.2, 0.25) is 0 Å². The van der Waals surface area contributed by atoms with E-state index < -0.39 is 0 Å². The molecule has 1 aliphatic carbocycles. The zero-order valence-corrected chi connectivity index (χ0v) is 13.3. The first kappa shape index (κ1) is 15.1. The van der Waals surface area contributed by atoms with Gasteiger partial charge in [-0.1, -0.05) is 74.6 Å². The van der Waals surface area contributed by atoms with Crippen LogP contribution in [0.1, 0.15) is 44.9 Å². The summed E-state index contributed by atoms with van der Waals surface area (Å²) in [6.45, 7) is 0.848. The molecule has 1 nitrogen and oxygen atoms in total. The third-order valence-electron chi connectivity index (χ3n) is 4.71. The first-order valence-corrected chi connectivity index (χ1v) is 8.70. The van der Waals surface area contributed by atoms with E-state index in [1.54, 1.807) is 0 Å². The molecule has 0 atom stereocenters. The Labute approximate surface area is 134 Å². The Morgan fingerprint density at radius 3 is 2.18 bits per heavy atom. The van der Waals surface area contributed by atoms with E-state index in [4.69, 9.17) is 4.74 Å². The van der Waals surface area contributed by atoms with E-state index in [9.17, 15) is 0 Å². The SMILES string of the molecule is c1ccc(-c2ccc(OCCCC3CCCCC3)cc2)cc1. The molecule has 2 aromatic rings. The quantitative estimate of drug-likeness (QED) is 0.585. The minimum absolute atomic E-state index is 0.848. The van der Waals surface area contributed by atoms with Gasteiger partial charge in [-0.25, -0.2) is 0 Å². The highest BCUT2D eigenvalue weighted by molar-refractivity contribution is 5.63. The Hall–Kier alpha value is -1.76. The van der Waals surface area contributed by atoms with Crippen LogP contribution in [-0.4, -0.2) is 6.61 Å². The van der Waals surface area contributed by atoms with Gasteiger partial charge in [0.05, 0.1) is 6.61 Å². The van der Waals surface area contributed by atoms with Crippen LogP contribution in [0.5, 0.6) is 5.75 Å². The van der Waals surface area contributed by atoms with E-state index in [0.717, 1.165) is 18.3 Å². The van der Waals surface area contributed by atoms with Crippen LogP contribution in [0.2, 0.25) is 0 Å². The number of ether oxygens (including phenoxy) is 1. The average Bonchev–Trinajstić information content (AvgIpc) is 2.61. The summed E-state index contributed by atoms with van der Waals surface area (Å²) < 4.78 is 5.89. The predicted octanol–water partition coefficient (Wildman–Crippen LogP) is 6.09. The second kappa shape index (κ2) is 8.03. The lowest BCUT2D eigenvalue weighted by molar-refractivity contribution is 0.269. The molecular weight excluding hydrogens is 268 g/mol. The number of benzene rings is 2. The van der Waals surface area contributed by atoms with Crippen LogP contribution in [0.15, 0.2) is 54.6 Å². The summed E-state index contributed by atoms with van der Waals surface area (Å²) in [5.41, 5.74) is 2.50. The smallest absolute Gasteiger partial charge is 0.119 e. The Balaban J connectivity index is 1.43. The van der Waals surface area contributed by atoms with Crippen molar-refractivity contribution < 1.29 is 4.74 Å². The molecule has 1 heteroatoms. The van der Waals surface area contributed by atoms with Gasteiger partial charge in [-0.15, -0.1) is 0 Å². The molecule has 1 saturated carbocycles. The molecule has 0 N–H and O–H groups in total. The largest absolute Gasteiger partial charge is 0.494 e. The van der Waals surface area contributed by atoms with Gasteiger partial charge in [0.25, 0.3) is 0 Å². The van der Waals surface area contributed by atoms with Crippen molar-refractivity contribution in [3.63, 3.8) is 0 Å². The molecule has 0 saturated heterocycles. The normalized spacial score (nSPS) is 15.6. The van der Waals surface area contributed by atoms with E-state index in [-0.39, 0.29) is 0 Å². The Kier molecular flexibility index (Phi) is 5.53. The van der Waals surface area contributed by atoms with Gasteiger partial charge < -0.3 is 4.74 Å². The summed E-state index contributed by atoms with van der Waals surface area (Å²) in [5, 5.41) is 0. The summed E-state index contributed by atoms with van der Waals surface area (Å²) >= 11 is 0. The van der Waals surface area contributed by atoms with Gasteiger partial charge in [-0.3, -0.25) is 0 Å². The third-order valence-corrected chi connectivity index (χ3v) is 4.71. The molecule has 116 valence electrons. The zero-order valence-electron chi connectivity index (χ0n) is 13.3. The second-order valence-electron chi connectivity index (χ2n) is 6.39. The minimum Gasteiger partial charge on any atom is -0.494 e. The lowest BCUT2D eigenvalue weighted by Gasteiger charge is -2.21. The average molecular weight is 294 g/mol. The van der Waals surface area contributed by atoms with Gasteiger partial charge in [-0.05, 0) is 42.0 Å². The molecule has 2 aromatic carbocycles. The van der Waals surface area contributed by atoms with E-state index in [1.807, 2.05) is 6.07 Å². The Morgan fingerprint density at radius 2 is 1.45 bits per heavy atom. The van der Waals surface area contributed by atoms with Crippen molar-refractivity contribution in [2.45, 2.75) is 44.9 Å². The maximum absolute atomic E-state index is 5.89. The summed E-state index contributed by atoms with van der Waals surface area (Å²) in [6.07, 6.45) is 9.71. The monoisotopic (exact) mass is 294 g/mol. The third kappa shape index (κ3) is 4.37. The van der Waals surface area contributed by atoms with Crippen molar-refractivity contribution >= 4 is 0 Å². The predicted molar refractivity (Wildman–Crippen MR) is 93.2 cm³/mol. The number of rotatable bonds is 6. The maximum atomic E-state index is 5.89. The van der Waals surface area contributed by atoms with E-state index >= 15 is 0 Å². The minimum atomic E-state index is 0.848. The van der Waals surface area contributed by atoms with Gasteiger partial charge in [0.15, 0.2) is 0 Å². The van der Waals surface area contributed by atoms with Crippen LogP contribution >= 0.6 is 0 Å². The molecule has 0 heterocycles. The van der Waals surface area contributed by atoms with Gasteiger partial charge >= 0.3 is 0 Å². The lowest BCUT2D eigenvalue weighted by atomic mass is 9.86. The molecule has 0 spiro atoms. The first-order valence-electron chi connectivity index (χ1n) is 8.70. The summed E-state index contributed by atoms with van der Waals surface area (Å²) in [4.78, 5) is 0. The summed E-state index contributed by atoms with van der Waals surface area (Å²) in [7, 11) is 0. The second-order valence-corrected chi connectivity index (χ2v) is 6.39. The molecule has 0 aromatic heterocycles. The van der Waals surface area contributed by atoms with Crippen LogP contribution < -0.4 is 4.74 Å². The van der Waals surface area contributed by atoms with Crippen molar-refractivity contribution in [2.75, 3.05) is 6.61 Å². The highest BCUT2D eigenvalue weighted by Gasteiger charge is 2.12. The molecule has 0 amide bonds. The van der Waals surface area contributed by atoms with Gasteiger partial charge in [0.1, 0.15) is 5.75 Å². The fourth-order valence-electron chi connectivity index (χ4n) is 3.41. The lowest BCUT2D eigenvalue weighted by Crippen LogP contribution is -2.08. The molecule has 0 bridgehead atoms. The van der Waals surface area contributed by atoms with Crippen molar-refractivity contribution in [2.24, 2.45) is 5.92 Å². The van der Waals surface area contributed by atoms with Crippen LogP contribution in [0, 0.1) is 5.92 Å². The van der Waals surface area contributed by atoms with Crippen LogP contribution in [-0.2, 0) is 0 Å². The standard InChI is InChI=1S/C21H26O/c1-3-8-18(9-4-1)10-7-17-22-21-15-13-20(14-16-21)19-11-5-2-6-12-19/h2,5-6,11-16,18H,1,3-4,7-10,17H2. The fourth-order valence-corrected chi connectivity index (χ4v) is 3.41. The Morgan fingerprint density at radius 1 is 0.773 bits per heavy atom. The van der Waals surface area contributed by atoms with Crippen molar-refractivity contribution in [1.29, 1.82) is 0 Å². The zero-order chi connectivity index (χ0) is 15.0. The van der Waals surface area contributed by atoms with Gasteiger partial charge in [0, 0.05) is 0 Å². The van der Waals surface area contributed by atoms with Crippen molar-refractivity contribution in [3.8, 4) is 16.9 Å². The molecule has 3 rings (SSSR count). The van der Waals surface area contributed by atoms with Gasteiger partial charge in [-0.2, -0.15) is 0 Å². The highest BCUT2D eigenvalue weighted by atomic mass is 16.5. The van der Waals surface area contributed by atoms with Crippen molar-refractivity contribution in [1.82, 2.24) is 0 Å². The summed E-state index contributed by atoms with van der Waals surface area (Å²) in [5.74, 6) is 1.95. The fraction of sp³-hybridized carbons (Fsp3) is 0.429. The van der Waals surface area contributed by atoms with Crippen LogP contribution in [0.3, 0.4) is 0 Å². The number of hydrogen-bond acceptors (Lipinski definition) is 1. The molecule has 1 aliphatic rings. The molecule has 0 unspecified atom stereocenters. The molecule has 22 heavy (non-hydrogen) atoms. The van der Waals surface area contributed by atoms with E-state index in [1.165, 1.54) is 56.1 Å². The molecule has 0 radical (unpaired) electrons. The highest BCUT2D eigenvalue weighted by Crippen LogP contribution is 2.27. The molecule has 1 fully saturated rings. The molecular formula is C21H26O. The topological polar surface area (TPSA) is 9.23 Å². The van der Waals surface area contributed by atoms with Crippen LogP contribution in [0.25, 0.3) is 11.1 Å². The number of hydrogen-bond donors (Lipinski definition) is 0. The van der Waals surface area contributed by atoms with E-state index in [0.29, 0.717) is 0 Å². The molecule has 0 aliphatic heterocycles.